The number of hydrogen-bond donors (Lipinski definition) is 0. The van der Waals surface area contributed by atoms with Crippen LogP contribution in [0.4, 0.5) is 0 Å². The van der Waals surface area contributed by atoms with Gasteiger partial charge in [0.1, 0.15) is 5.60 Å². The Bertz CT molecular complexity index is 713. The van der Waals surface area contributed by atoms with E-state index in [0.717, 1.165) is 77.8 Å². The molecule has 0 spiro atoms. The molecule has 2 saturated heterocycles. The van der Waals surface area contributed by atoms with Gasteiger partial charge in [-0.15, -0.1) is 0 Å². The maximum Gasteiger partial charge on any atom is 0.333 e. The summed E-state index contributed by atoms with van der Waals surface area (Å²) in [6.07, 6.45) is 7.52. The third kappa shape index (κ3) is 3.85. The van der Waals surface area contributed by atoms with Gasteiger partial charge < -0.3 is 23.7 Å². The van der Waals surface area contributed by atoms with E-state index in [-0.39, 0.29) is 28.0 Å². The Labute approximate surface area is 192 Å². The van der Waals surface area contributed by atoms with Crippen LogP contribution >= 0.6 is 0 Å². The van der Waals surface area contributed by atoms with Gasteiger partial charge in [-0.2, -0.15) is 0 Å². The summed E-state index contributed by atoms with van der Waals surface area (Å²) in [6, 6.07) is 0. The number of carbonyl (C=O) groups excluding carboxylic acids is 1. The van der Waals surface area contributed by atoms with Gasteiger partial charge in [0.25, 0.3) is 0 Å². The predicted molar refractivity (Wildman–Crippen MR) is 119 cm³/mol. The first kappa shape index (κ1) is 22.8. The third-order valence-corrected chi connectivity index (χ3v) is 9.07. The molecule has 180 valence electrons. The van der Waals surface area contributed by atoms with Gasteiger partial charge in [-0.3, -0.25) is 0 Å². The zero-order valence-electron chi connectivity index (χ0n) is 20.1. The molecule has 6 aliphatic rings. The van der Waals surface area contributed by atoms with E-state index in [1.165, 1.54) is 0 Å². The van der Waals surface area contributed by atoms with Crippen LogP contribution in [-0.4, -0.2) is 62.4 Å². The number of esters is 1. The van der Waals surface area contributed by atoms with Gasteiger partial charge in [-0.05, 0) is 44.9 Å². The molecule has 6 fully saturated rings. The molecule has 32 heavy (non-hydrogen) atoms. The first-order valence-corrected chi connectivity index (χ1v) is 12.5. The van der Waals surface area contributed by atoms with Crippen LogP contribution < -0.4 is 0 Å². The van der Waals surface area contributed by atoms with E-state index in [9.17, 15) is 4.79 Å². The van der Waals surface area contributed by atoms with Crippen LogP contribution in [0.25, 0.3) is 0 Å². The summed E-state index contributed by atoms with van der Waals surface area (Å²) < 4.78 is 30.9. The molecule has 2 atom stereocenters. The first-order valence-electron chi connectivity index (χ1n) is 12.5. The Hall–Kier alpha value is -0.950. The van der Waals surface area contributed by atoms with E-state index in [4.69, 9.17) is 23.7 Å². The third-order valence-electron chi connectivity index (χ3n) is 9.07. The topological polar surface area (TPSA) is 63.2 Å². The molecule has 4 aliphatic carbocycles. The number of carbonyl (C=O) groups is 1. The van der Waals surface area contributed by atoms with Crippen molar-refractivity contribution in [2.45, 2.75) is 88.9 Å². The van der Waals surface area contributed by atoms with Gasteiger partial charge in [-0.25, -0.2) is 4.79 Å². The number of ether oxygens (including phenoxy) is 5. The van der Waals surface area contributed by atoms with Crippen molar-refractivity contribution in [3.05, 3.63) is 12.2 Å². The maximum absolute atomic E-state index is 12.6. The molecule has 0 amide bonds. The quantitative estimate of drug-likeness (QED) is 0.369. The molecule has 4 saturated carbocycles. The minimum Gasteiger partial charge on any atom is -0.455 e. The van der Waals surface area contributed by atoms with Crippen molar-refractivity contribution < 1.29 is 28.5 Å². The summed E-state index contributed by atoms with van der Waals surface area (Å²) in [5, 5.41) is 0. The van der Waals surface area contributed by atoms with E-state index in [0.29, 0.717) is 24.7 Å². The molecule has 2 unspecified atom stereocenters. The van der Waals surface area contributed by atoms with Crippen LogP contribution in [0.1, 0.15) is 72.1 Å². The van der Waals surface area contributed by atoms with Crippen molar-refractivity contribution in [1.29, 1.82) is 0 Å². The van der Waals surface area contributed by atoms with Crippen molar-refractivity contribution in [1.82, 2.24) is 0 Å². The summed E-state index contributed by atoms with van der Waals surface area (Å²) in [5.41, 5.74) is -0.369. The van der Waals surface area contributed by atoms with Gasteiger partial charge in [0.05, 0.1) is 50.8 Å². The highest BCUT2D eigenvalue weighted by molar-refractivity contribution is 5.87. The van der Waals surface area contributed by atoms with Gasteiger partial charge in [0.15, 0.2) is 0 Å². The van der Waals surface area contributed by atoms with Gasteiger partial charge >= 0.3 is 5.97 Å². The fourth-order valence-electron chi connectivity index (χ4n) is 7.07. The molecule has 0 N–H and O–H groups in total. The number of rotatable bonds is 10. The second-order valence-corrected chi connectivity index (χ2v) is 12.0. The second-order valence-electron chi connectivity index (χ2n) is 12.0. The van der Waals surface area contributed by atoms with E-state index < -0.39 is 5.60 Å². The fraction of sp³-hybridized carbons (Fsp3) is 0.885. The van der Waals surface area contributed by atoms with Crippen molar-refractivity contribution in [3.8, 4) is 0 Å². The highest BCUT2D eigenvalue weighted by atomic mass is 16.6. The zero-order chi connectivity index (χ0) is 22.7. The summed E-state index contributed by atoms with van der Waals surface area (Å²) in [7, 11) is 0. The predicted octanol–water partition coefficient (Wildman–Crippen LogP) is 4.21. The lowest BCUT2D eigenvalue weighted by atomic mass is 9.50. The SMILES string of the molecule is C=C(C)C(=O)OC12CC3CC(OCC4(CC)COC4)(CC(OCC4(CC)COC4)(C3)C1)C2. The minimum atomic E-state index is -0.513. The molecule has 0 aromatic carbocycles. The Balaban J connectivity index is 1.39. The Morgan fingerprint density at radius 2 is 1.28 bits per heavy atom. The van der Waals surface area contributed by atoms with Crippen LogP contribution in [0.5, 0.6) is 0 Å². The lowest BCUT2D eigenvalue weighted by molar-refractivity contribution is -0.304. The molecule has 0 radical (unpaired) electrons. The number of hydrogen-bond acceptors (Lipinski definition) is 6. The lowest BCUT2D eigenvalue weighted by Gasteiger charge is -2.65. The zero-order valence-corrected chi connectivity index (χ0v) is 20.1. The van der Waals surface area contributed by atoms with Crippen LogP contribution in [0.15, 0.2) is 12.2 Å². The highest BCUT2D eigenvalue weighted by Crippen LogP contribution is 2.63. The van der Waals surface area contributed by atoms with Gasteiger partial charge in [-0.1, -0.05) is 20.4 Å². The van der Waals surface area contributed by atoms with Crippen LogP contribution in [0, 0.1) is 16.7 Å². The van der Waals surface area contributed by atoms with Crippen molar-refractivity contribution >= 4 is 5.97 Å². The largest absolute Gasteiger partial charge is 0.455 e. The fourth-order valence-corrected chi connectivity index (χ4v) is 7.07. The molecule has 6 heteroatoms. The molecule has 2 heterocycles. The van der Waals surface area contributed by atoms with E-state index in [2.05, 4.69) is 20.4 Å². The molecular weight excluding hydrogens is 408 g/mol. The average molecular weight is 449 g/mol. The van der Waals surface area contributed by atoms with Crippen molar-refractivity contribution in [3.63, 3.8) is 0 Å². The molecule has 4 bridgehead atoms. The molecule has 0 aromatic heterocycles. The molecule has 0 aromatic rings. The average Bonchev–Trinajstić information content (AvgIpc) is 2.65. The van der Waals surface area contributed by atoms with Crippen molar-refractivity contribution in [2.24, 2.45) is 16.7 Å². The van der Waals surface area contributed by atoms with Crippen molar-refractivity contribution in [2.75, 3.05) is 39.6 Å². The van der Waals surface area contributed by atoms with Crippen LogP contribution in [-0.2, 0) is 28.5 Å². The minimum absolute atomic E-state index is 0.133. The highest BCUT2D eigenvalue weighted by Gasteiger charge is 2.67. The molecule has 6 rings (SSSR count). The van der Waals surface area contributed by atoms with Crippen LogP contribution in [0.3, 0.4) is 0 Å². The Morgan fingerprint density at radius 1 is 0.844 bits per heavy atom. The summed E-state index contributed by atoms with van der Waals surface area (Å²) in [5.74, 6) is 0.168. The second kappa shape index (κ2) is 7.79. The molecule has 6 nitrogen and oxygen atoms in total. The normalized spacial score (nSPS) is 40.4. The monoisotopic (exact) mass is 448 g/mol. The Morgan fingerprint density at radius 3 is 1.66 bits per heavy atom. The standard InChI is InChI=1S/C26H40O6/c1-5-22(13-28-14-22)17-30-24-7-20-8-25(10-24,31-18-23(6-2)15-29-16-23)12-26(9-20,11-24)32-21(27)19(3)4/h20H,3,5-18H2,1-2,4H3. The maximum atomic E-state index is 12.6. The Kier molecular flexibility index (Phi) is 5.56. The summed E-state index contributed by atoms with van der Waals surface area (Å²) in [4.78, 5) is 12.6. The molecular formula is C26H40O6. The van der Waals surface area contributed by atoms with E-state index in [1.807, 2.05) is 0 Å². The first-order chi connectivity index (χ1) is 15.2. The molecule has 2 aliphatic heterocycles. The summed E-state index contributed by atoms with van der Waals surface area (Å²) in [6.45, 7) is 14.5. The smallest absolute Gasteiger partial charge is 0.333 e. The lowest BCUT2D eigenvalue weighted by Crippen LogP contribution is -2.69. The van der Waals surface area contributed by atoms with Gasteiger partial charge in [0.2, 0.25) is 0 Å². The van der Waals surface area contributed by atoms with Gasteiger partial charge in [0, 0.05) is 35.7 Å². The van der Waals surface area contributed by atoms with Crippen LogP contribution in [0.2, 0.25) is 0 Å². The summed E-state index contributed by atoms with van der Waals surface area (Å²) >= 11 is 0. The van der Waals surface area contributed by atoms with E-state index >= 15 is 0 Å². The van der Waals surface area contributed by atoms with E-state index in [1.54, 1.807) is 6.92 Å².